The monoisotopic (exact) mass is 438 g/mol. The molecule has 0 bridgehead atoms. The maximum absolute atomic E-state index is 13.1. The molecule has 1 N–H and O–H groups in total. The Morgan fingerprint density at radius 1 is 0.968 bits per heavy atom. The summed E-state index contributed by atoms with van der Waals surface area (Å²) in [5, 5.41) is 0. The Bertz CT molecular complexity index is 1190. The van der Waals surface area contributed by atoms with Crippen molar-refractivity contribution in [3.05, 3.63) is 89.0 Å². The lowest BCUT2D eigenvalue weighted by Gasteiger charge is -2.19. The largest absolute Gasteiger partial charge is 0.497 e. The van der Waals surface area contributed by atoms with E-state index in [0.29, 0.717) is 23.4 Å². The van der Waals surface area contributed by atoms with E-state index in [-0.39, 0.29) is 10.8 Å². The molecule has 0 fully saturated rings. The minimum absolute atomic E-state index is 0.0440. The van der Waals surface area contributed by atoms with Gasteiger partial charge in [-0.05, 0) is 60.9 Å². The average molecular weight is 439 g/mol. The minimum Gasteiger partial charge on any atom is -0.497 e. The number of nitrogens with zero attached hydrogens (tertiary/aromatic N) is 1. The molecule has 0 atom stereocenters. The van der Waals surface area contributed by atoms with E-state index in [1.54, 1.807) is 44.2 Å². The summed E-state index contributed by atoms with van der Waals surface area (Å²) in [5.74, 6) is 0.494. The first-order chi connectivity index (χ1) is 14.7. The van der Waals surface area contributed by atoms with Crippen LogP contribution in [0.4, 0.5) is 5.69 Å². The molecule has 0 spiro atoms. The number of hydrogen-bond acceptors (Lipinski definition) is 4. The summed E-state index contributed by atoms with van der Waals surface area (Å²) < 4.78 is 33.6. The van der Waals surface area contributed by atoms with Crippen LogP contribution in [-0.4, -0.2) is 33.4 Å². The lowest BCUT2D eigenvalue weighted by atomic mass is 10.1. The molecule has 3 aromatic carbocycles. The third-order valence-electron chi connectivity index (χ3n) is 5.06. The van der Waals surface area contributed by atoms with Gasteiger partial charge in [-0.25, -0.2) is 8.42 Å². The highest BCUT2D eigenvalue weighted by Crippen LogP contribution is 2.22. The molecule has 0 saturated heterocycles. The van der Waals surface area contributed by atoms with Crippen molar-refractivity contribution in [2.75, 3.05) is 18.9 Å². The van der Waals surface area contributed by atoms with Crippen molar-refractivity contribution >= 4 is 21.6 Å². The topological polar surface area (TPSA) is 75.7 Å². The summed E-state index contributed by atoms with van der Waals surface area (Å²) in [7, 11) is -0.543. The summed E-state index contributed by atoms with van der Waals surface area (Å²) >= 11 is 0. The molecule has 0 aromatic heterocycles. The van der Waals surface area contributed by atoms with Crippen molar-refractivity contribution in [1.82, 2.24) is 4.90 Å². The standard InChI is InChI=1S/C24H26N2O4S/c1-17-9-14-21(31(28,29)25-23-8-6-5-7-18(23)2)15-22(17)24(27)26(3)16-19-10-12-20(30-4)13-11-19/h5-15,25H,16H2,1-4H3. The zero-order valence-corrected chi connectivity index (χ0v) is 18.9. The maximum atomic E-state index is 13.1. The van der Waals surface area contributed by atoms with E-state index < -0.39 is 10.0 Å². The van der Waals surface area contributed by atoms with Crippen LogP contribution in [0, 0.1) is 13.8 Å². The number of aryl methyl sites for hydroxylation is 2. The quantitative estimate of drug-likeness (QED) is 0.594. The number of para-hydroxylation sites is 1. The SMILES string of the molecule is COc1ccc(CN(C)C(=O)c2cc(S(=O)(=O)Nc3ccccc3C)ccc2C)cc1. The van der Waals surface area contributed by atoms with Gasteiger partial charge in [0.2, 0.25) is 0 Å². The van der Waals surface area contributed by atoms with Crippen molar-refractivity contribution in [3.8, 4) is 5.75 Å². The zero-order chi connectivity index (χ0) is 22.6. The van der Waals surface area contributed by atoms with Crippen molar-refractivity contribution in [1.29, 1.82) is 0 Å². The number of nitrogens with one attached hydrogen (secondary N) is 1. The number of sulfonamides is 1. The zero-order valence-electron chi connectivity index (χ0n) is 18.0. The number of rotatable bonds is 7. The number of amides is 1. The molecule has 7 heteroatoms. The van der Waals surface area contributed by atoms with Gasteiger partial charge >= 0.3 is 0 Å². The van der Waals surface area contributed by atoms with E-state index in [1.165, 1.54) is 12.1 Å². The number of ether oxygens (including phenoxy) is 1. The van der Waals surface area contributed by atoms with Crippen LogP contribution in [0.25, 0.3) is 0 Å². The fourth-order valence-electron chi connectivity index (χ4n) is 3.17. The first kappa shape index (κ1) is 22.4. The second-order valence-electron chi connectivity index (χ2n) is 7.41. The van der Waals surface area contributed by atoms with Gasteiger partial charge < -0.3 is 9.64 Å². The normalized spacial score (nSPS) is 11.1. The number of carbonyl (C=O) groups is 1. The van der Waals surface area contributed by atoms with E-state index in [2.05, 4.69) is 4.72 Å². The number of anilines is 1. The van der Waals surface area contributed by atoms with Crippen LogP contribution in [0.2, 0.25) is 0 Å². The van der Waals surface area contributed by atoms with Crippen LogP contribution in [0.15, 0.2) is 71.6 Å². The molecule has 0 radical (unpaired) electrons. The van der Waals surface area contributed by atoms with Crippen LogP contribution >= 0.6 is 0 Å². The highest BCUT2D eigenvalue weighted by molar-refractivity contribution is 7.92. The Morgan fingerprint density at radius 2 is 1.65 bits per heavy atom. The van der Waals surface area contributed by atoms with Gasteiger partial charge in [0.1, 0.15) is 5.75 Å². The molecule has 1 amide bonds. The van der Waals surface area contributed by atoms with Crippen molar-refractivity contribution in [2.45, 2.75) is 25.3 Å². The van der Waals surface area contributed by atoms with Gasteiger partial charge in [-0.2, -0.15) is 0 Å². The van der Waals surface area contributed by atoms with E-state index in [9.17, 15) is 13.2 Å². The predicted octanol–water partition coefficient (Wildman–Crippen LogP) is 4.39. The van der Waals surface area contributed by atoms with Gasteiger partial charge in [0, 0.05) is 19.2 Å². The summed E-state index contributed by atoms with van der Waals surface area (Å²) in [6, 6.07) is 19.2. The lowest BCUT2D eigenvalue weighted by molar-refractivity contribution is 0.0784. The van der Waals surface area contributed by atoms with Gasteiger partial charge in [-0.3, -0.25) is 9.52 Å². The fourth-order valence-corrected chi connectivity index (χ4v) is 4.33. The molecule has 0 unspecified atom stereocenters. The molecular formula is C24H26N2O4S. The molecule has 6 nitrogen and oxygen atoms in total. The molecule has 0 aliphatic rings. The van der Waals surface area contributed by atoms with Crippen LogP contribution in [0.3, 0.4) is 0 Å². The average Bonchev–Trinajstić information content (AvgIpc) is 2.75. The molecule has 0 aliphatic carbocycles. The minimum atomic E-state index is -3.84. The first-order valence-corrected chi connectivity index (χ1v) is 11.3. The molecule has 3 rings (SSSR count). The molecule has 31 heavy (non-hydrogen) atoms. The second-order valence-corrected chi connectivity index (χ2v) is 9.09. The first-order valence-electron chi connectivity index (χ1n) is 9.79. The number of carbonyl (C=O) groups excluding carboxylic acids is 1. The van der Waals surface area contributed by atoms with Crippen LogP contribution < -0.4 is 9.46 Å². The fraction of sp³-hybridized carbons (Fsp3) is 0.208. The van der Waals surface area contributed by atoms with E-state index >= 15 is 0 Å². The second kappa shape index (κ2) is 9.22. The molecular weight excluding hydrogens is 412 g/mol. The van der Waals surface area contributed by atoms with Crippen molar-refractivity contribution in [3.63, 3.8) is 0 Å². The van der Waals surface area contributed by atoms with Gasteiger partial charge in [-0.15, -0.1) is 0 Å². The summed E-state index contributed by atoms with van der Waals surface area (Å²) in [6.45, 7) is 4.01. The number of methoxy groups -OCH3 is 1. The number of benzene rings is 3. The highest BCUT2D eigenvalue weighted by atomic mass is 32.2. The molecule has 162 valence electrons. The maximum Gasteiger partial charge on any atom is 0.261 e. The van der Waals surface area contributed by atoms with Gasteiger partial charge in [0.25, 0.3) is 15.9 Å². The molecule has 0 saturated carbocycles. The number of hydrogen-bond donors (Lipinski definition) is 1. The Kier molecular flexibility index (Phi) is 6.65. The van der Waals surface area contributed by atoms with Crippen molar-refractivity contribution in [2.24, 2.45) is 0 Å². The Labute approximate surface area is 183 Å². The summed E-state index contributed by atoms with van der Waals surface area (Å²) in [5.41, 5.74) is 3.32. The Morgan fingerprint density at radius 3 is 2.29 bits per heavy atom. The van der Waals surface area contributed by atoms with Crippen LogP contribution in [0.5, 0.6) is 5.75 Å². The van der Waals surface area contributed by atoms with E-state index in [0.717, 1.165) is 16.9 Å². The lowest BCUT2D eigenvalue weighted by Crippen LogP contribution is -2.27. The molecule has 0 aliphatic heterocycles. The third-order valence-corrected chi connectivity index (χ3v) is 6.43. The van der Waals surface area contributed by atoms with Crippen LogP contribution in [-0.2, 0) is 16.6 Å². The third kappa shape index (κ3) is 5.24. The van der Waals surface area contributed by atoms with E-state index in [1.807, 2.05) is 43.3 Å². The summed E-state index contributed by atoms with van der Waals surface area (Å²) in [6.07, 6.45) is 0. The van der Waals surface area contributed by atoms with Crippen LogP contribution in [0.1, 0.15) is 27.0 Å². The van der Waals surface area contributed by atoms with E-state index in [4.69, 9.17) is 4.74 Å². The Hall–Kier alpha value is -3.32. The van der Waals surface area contributed by atoms with Gasteiger partial charge in [0.15, 0.2) is 0 Å². The van der Waals surface area contributed by atoms with Gasteiger partial charge in [0.05, 0.1) is 17.7 Å². The highest BCUT2D eigenvalue weighted by Gasteiger charge is 2.21. The molecule has 0 heterocycles. The smallest absolute Gasteiger partial charge is 0.261 e. The predicted molar refractivity (Wildman–Crippen MR) is 122 cm³/mol. The summed E-state index contributed by atoms with van der Waals surface area (Å²) in [4.78, 5) is 14.7. The van der Waals surface area contributed by atoms with Gasteiger partial charge in [-0.1, -0.05) is 36.4 Å². The molecule has 3 aromatic rings. The van der Waals surface area contributed by atoms with Crippen molar-refractivity contribution < 1.29 is 17.9 Å². The Balaban J connectivity index is 1.83.